The van der Waals surface area contributed by atoms with Gasteiger partial charge in [-0.15, -0.1) is 10.2 Å². The number of aromatic nitrogens is 3. The number of carbonyl (C=O) groups is 2. The summed E-state index contributed by atoms with van der Waals surface area (Å²) in [6.45, 7) is 8.67. The smallest absolute Gasteiger partial charge is 0.251 e. The molecule has 0 aliphatic carbocycles. The Labute approximate surface area is 193 Å². The highest BCUT2D eigenvalue weighted by atomic mass is 32.2. The number of carbonyl (C=O) groups excluding carboxylic acids is 2. The molecule has 2 N–H and O–H groups in total. The van der Waals surface area contributed by atoms with Crippen molar-refractivity contribution in [3.63, 3.8) is 0 Å². The molecule has 32 heavy (non-hydrogen) atoms. The molecule has 0 fully saturated rings. The highest BCUT2D eigenvalue weighted by molar-refractivity contribution is 7.99. The second-order valence-corrected chi connectivity index (χ2v) is 8.80. The van der Waals surface area contributed by atoms with Crippen LogP contribution in [-0.2, 0) is 11.3 Å². The van der Waals surface area contributed by atoms with Gasteiger partial charge in [0.1, 0.15) is 0 Å². The molecule has 7 nitrogen and oxygen atoms in total. The summed E-state index contributed by atoms with van der Waals surface area (Å²) in [5, 5.41) is 15.3. The highest BCUT2D eigenvalue weighted by Gasteiger charge is 2.26. The van der Waals surface area contributed by atoms with Crippen LogP contribution in [0.25, 0.3) is 0 Å². The molecular formula is C24H29N5O2S. The van der Waals surface area contributed by atoms with Gasteiger partial charge in [0.25, 0.3) is 5.91 Å². The second kappa shape index (κ2) is 10.9. The number of nitrogens with zero attached hydrogens (tertiary/aromatic N) is 3. The van der Waals surface area contributed by atoms with Crippen LogP contribution < -0.4 is 10.6 Å². The maximum absolute atomic E-state index is 12.9. The Morgan fingerprint density at radius 3 is 2.47 bits per heavy atom. The summed E-state index contributed by atoms with van der Waals surface area (Å²) in [6, 6.07) is 16.5. The number of anilines is 1. The number of nitrogens with one attached hydrogen (secondary N) is 2. The summed E-state index contributed by atoms with van der Waals surface area (Å²) in [6.07, 6.45) is 0. The molecule has 0 aliphatic rings. The third-order valence-corrected chi connectivity index (χ3v) is 5.93. The summed E-state index contributed by atoms with van der Waals surface area (Å²) in [5.74, 6) is 0.762. The van der Waals surface area contributed by atoms with Crippen molar-refractivity contribution in [2.45, 2.75) is 45.4 Å². The predicted molar refractivity (Wildman–Crippen MR) is 128 cm³/mol. The summed E-state index contributed by atoms with van der Waals surface area (Å²) in [5.41, 5.74) is 2.41. The molecule has 168 valence electrons. The van der Waals surface area contributed by atoms with Gasteiger partial charge < -0.3 is 15.2 Å². The van der Waals surface area contributed by atoms with Crippen LogP contribution in [0.1, 0.15) is 48.6 Å². The minimum absolute atomic E-state index is 0.109. The molecule has 0 unspecified atom stereocenters. The van der Waals surface area contributed by atoms with Gasteiger partial charge in [-0.3, -0.25) is 9.59 Å². The number of amides is 2. The first-order chi connectivity index (χ1) is 15.4. The summed E-state index contributed by atoms with van der Waals surface area (Å²) < 4.78 is 1.96. The van der Waals surface area contributed by atoms with Gasteiger partial charge in [-0.25, -0.2) is 0 Å². The van der Waals surface area contributed by atoms with Crippen molar-refractivity contribution in [3.05, 3.63) is 71.5 Å². The topological polar surface area (TPSA) is 88.9 Å². The number of aryl methyl sites for hydroxylation is 1. The average molecular weight is 452 g/mol. The molecule has 1 aromatic heterocycles. The zero-order valence-electron chi connectivity index (χ0n) is 18.8. The van der Waals surface area contributed by atoms with Gasteiger partial charge in [-0.2, -0.15) is 0 Å². The van der Waals surface area contributed by atoms with Crippen LogP contribution in [0.5, 0.6) is 0 Å². The molecule has 0 saturated heterocycles. The maximum atomic E-state index is 12.9. The molecule has 8 heteroatoms. The van der Waals surface area contributed by atoms with Gasteiger partial charge >= 0.3 is 0 Å². The first-order valence-corrected chi connectivity index (χ1v) is 11.7. The largest absolute Gasteiger partial charge is 0.342 e. The fourth-order valence-corrected chi connectivity index (χ4v) is 4.13. The Balaban J connectivity index is 1.72. The normalized spacial score (nSPS) is 11.9. The van der Waals surface area contributed by atoms with Crippen molar-refractivity contribution in [1.82, 2.24) is 20.1 Å². The van der Waals surface area contributed by atoms with E-state index >= 15 is 0 Å². The van der Waals surface area contributed by atoms with E-state index in [1.165, 1.54) is 11.8 Å². The summed E-state index contributed by atoms with van der Waals surface area (Å²) in [7, 11) is 0. The van der Waals surface area contributed by atoms with E-state index in [2.05, 4.69) is 20.8 Å². The van der Waals surface area contributed by atoms with Gasteiger partial charge in [-0.05, 0) is 44.0 Å². The summed E-state index contributed by atoms with van der Waals surface area (Å²) >= 11 is 1.33. The first-order valence-electron chi connectivity index (χ1n) is 10.7. The molecule has 1 atom stereocenters. The lowest BCUT2D eigenvalue weighted by Crippen LogP contribution is -2.33. The van der Waals surface area contributed by atoms with E-state index < -0.39 is 0 Å². The van der Waals surface area contributed by atoms with Crippen LogP contribution in [0, 0.1) is 12.8 Å². The van der Waals surface area contributed by atoms with Crippen molar-refractivity contribution >= 4 is 29.3 Å². The van der Waals surface area contributed by atoms with Crippen molar-refractivity contribution in [3.8, 4) is 0 Å². The van der Waals surface area contributed by atoms with Gasteiger partial charge in [0.2, 0.25) is 5.91 Å². The Morgan fingerprint density at radius 2 is 1.81 bits per heavy atom. The minimum atomic E-state index is -0.303. The molecule has 0 aliphatic heterocycles. The van der Waals surface area contributed by atoms with Gasteiger partial charge in [0.15, 0.2) is 11.0 Å². The quantitative estimate of drug-likeness (QED) is 0.469. The number of thioether (sulfide) groups is 1. The number of benzene rings is 2. The molecule has 2 amide bonds. The molecule has 2 aromatic carbocycles. The number of rotatable bonds is 9. The molecule has 0 bridgehead atoms. The molecule has 0 saturated carbocycles. The van der Waals surface area contributed by atoms with Crippen LogP contribution in [0.4, 0.5) is 5.69 Å². The lowest BCUT2D eigenvalue weighted by molar-refractivity contribution is -0.113. The van der Waals surface area contributed by atoms with E-state index in [-0.39, 0.29) is 29.5 Å². The molecule has 3 rings (SSSR count). The van der Waals surface area contributed by atoms with Gasteiger partial charge in [-0.1, -0.05) is 61.5 Å². The van der Waals surface area contributed by atoms with Crippen molar-refractivity contribution < 1.29 is 9.59 Å². The number of hydrogen-bond donors (Lipinski definition) is 2. The van der Waals surface area contributed by atoms with Crippen LogP contribution >= 0.6 is 11.8 Å². The molecule has 0 spiro atoms. The predicted octanol–water partition coefficient (Wildman–Crippen LogP) is 4.46. The second-order valence-electron chi connectivity index (χ2n) is 7.85. The SMILES string of the molecule is CCn1c(SCC(=O)Nc2ccccc2)nnc1[C@@H](NC(=O)c1cccc(C)c1)C(C)C. The Hall–Kier alpha value is -3.13. The van der Waals surface area contributed by atoms with Crippen molar-refractivity contribution in [2.75, 3.05) is 11.1 Å². The Kier molecular flexibility index (Phi) is 8.05. The Morgan fingerprint density at radius 1 is 1.06 bits per heavy atom. The monoisotopic (exact) mass is 451 g/mol. The maximum Gasteiger partial charge on any atom is 0.251 e. The fourth-order valence-electron chi connectivity index (χ4n) is 3.32. The number of hydrogen-bond acceptors (Lipinski definition) is 5. The molecular weight excluding hydrogens is 422 g/mol. The van der Waals surface area contributed by atoms with Crippen LogP contribution in [0.2, 0.25) is 0 Å². The highest BCUT2D eigenvalue weighted by Crippen LogP contribution is 2.25. The van der Waals surface area contributed by atoms with Gasteiger partial charge in [0, 0.05) is 17.8 Å². The van der Waals surface area contributed by atoms with Gasteiger partial charge in [0.05, 0.1) is 11.8 Å². The molecule has 1 heterocycles. The van der Waals surface area contributed by atoms with E-state index in [1.807, 2.05) is 80.8 Å². The molecule has 3 aromatic rings. The summed E-state index contributed by atoms with van der Waals surface area (Å²) in [4.78, 5) is 25.2. The van der Waals surface area contributed by atoms with Crippen LogP contribution in [0.3, 0.4) is 0 Å². The minimum Gasteiger partial charge on any atom is -0.342 e. The van der Waals surface area contributed by atoms with E-state index in [9.17, 15) is 9.59 Å². The van der Waals surface area contributed by atoms with E-state index in [0.29, 0.717) is 23.1 Å². The van der Waals surface area contributed by atoms with E-state index in [0.717, 1.165) is 11.3 Å². The molecule has 0 radical (unpaired) electrons. The van der Waals surface area contributed by atoms with Crippen LogP contribution in [-0.4, -0.2) is 32.3 Å². The first kappa shape index (κ1) is 23.5. The third kappa shape index (κ3) is 5.97. The lowest BCUT2D eigenvalue weighted by atomic mass is 10.0. The fraction of sp³-hybridized carbons (Fsp3) is 0.333. The van der Waals surface area contributed by atoms with E-state index in [1.54, 1.807) is 6.07 Å². The lowest BCUT2D eigenvalue weighted by Gasteiger charge is -2.22. The Bertz CT molecular complexity index is 1070. The standard InChI is InChI=1S/C24H29N5O2S/c1-5-29-22(21(16(2)3)26-23(31)18-11-9-10-17(4)14-18)27-28-24(29)32-15-20(30)25-19-12-7-6-8-13-19/h6-14,16,21H,5,15H2,1-4H3,(H,25,30)(H,26,31)/t21-/m0/s1. The van der Waals surface area contributed by atoms with E-state index in [4.69, 9.17) is 0 Å². The third-order valence-electron chi connectivity index (χ3n) is 4.96. The number of para-hydroxylation sites is 1. The zero-order valence-corrected chi connectivity index (χ0v) is 19.6. The van der Waals surface area contributed by atoms with Crippen LogP contribution in [0.15, 0.2) is 59.8 Å². The zero-order chi connectivity index (χ0) is 23.1. The van der Waals surface area contributed by atoms with Crippen molar-refractivity contribution in [1.29, 1.82) is 0 Å². The average Bonchev–Trinajstić information content (AvgIpc) is 3.18. The van der Waals surface area contributed by atoms with Crippen molar-refractivity contribution in [2.24, 2.45) is 5.92 Å².